The first-order valence-corrected chi connectivity index (χ1v) is 7.46. The summed E-state index contributed by atoms with van der Waals surface area (Å²) in [6.07, 6.45) is 0. The lowest BCUT2D eigenvalue weighted by Gasteiger charge is -2.10. The minimum absolute atomic E-state index is 0.133. The lowest BCUT2D eigenvalue weighted by atomic mass is 10.3. The molecule has 0 aromatic heterocycles. The fraction of sp³-hybridized carbons (Fsp3) is 0. The first-order valence-electron chi connectivity index (χ1n) is 5.98. The SMILES string of the molecule is Nc1cccc(N)c1S(=O)(=O)c1ccc([N+](=O)[O-])c([N+](=O)[O-])c1. The van der Waals surface area contributed by atoms with Gasteiger partial charge in [0.1, 0.15) is 4.90 Å². The summed E-state index contributed by atoms with van der Waals surface area (Å²) < 4.78 is 25.2. The highest BCUT2D eigenvalue weighted by atomic mass is 32.2. The van der Waals surface area contributed by atoms with Crippen LogP contribution >= 0.6 is 0 Å². The van der Waals surface area contributed by atoms with Crippen molar-refractivity contribution in [2.75, 3.05) is 11.5 Å². The Balaban J connectivity index is 2.73. The first-order chi connectivity index (χ1) is 10.7. The van der Waals surface area contributed by atoms with Crippen molar-refractivity contribution in [1.29, 1.82) is 0 Å². The summed E-state index contributed by atoms with van der Waals surface area (Å²) in [6, 6.07) is 6.32. The molecule has 10 nitrogen and oxygen atoms in total. The van der Waals surface area contributed by atoms with Crippen molar-refractivity contribution in [3.8, 4) is 0 Å². The predicted molar refractivity (Wildman–Crippen MR) is 80.5 cm³/mol. The molecule has 0 bridgehead atoms. The largest absolute Gasteiger partial charge is 0.398 e. The quantitative estimate of drug-likeness (QED) is 0.479. The maximum Gasteiger partial charge on any atom is 0.347 e. The molecule has 0 heterocycles. The molecule has 0 saturated carbocycles. The van der Waals surface area contributed by atoms with Gasteiger partial charge in [0.25, 0.3) is 0 Å². The average molecular weight is 338 g/mol. The molecule has 23 heavy (non-hydrogen) atoms. The number of hydrogen-bond acceptors (Lipinski definition) is 8. The van der Waals surface area contributed by atoms with Gasteiger partial charge in [-0.25, -0.2) is 8.42 Å². The number of rotatable bonds is 4. The lowest BCUT2D eigenvalue weighted by Crippen LogP contribution is -2.09. The van der Waals surface area contributed by atoms with Crippen LogP contribution in [0.2, 0.25) is 0 Å². The molecule has 120 valence electrons. The third-order valence-electron chi connectivity index (χ3n) is 3.00. The summed E-state index contributed by atoms with van der Waals surface area (Å²) in [4.78, 5) is 18.8. The molecule has 0 aliphatic heterocycles. The summed E-state index contributed by atoms with van der Waals surface area (Å²) in [5, 5.41) is 21.7. The van der Waals surface area contributed by atoms with Gasteiger partial charge in [-0.3, -0.25) is 20.2 Å². The molecular weight excluding hydrogens is 328 g/mol. The van der Waals surface area contributed by atoms with Crippen LogP contribution in [0.5, 0.6) is 0 Å². The molecule has 11 heteroatoms. The minimum atomic E-state index is -4.28. The number of sulfone groups is 1. The highest BCUT2D eigenvalue weighted by molar-refractivity contribution is 7.91. The van der Waals surface area contributed by atoms with Gasteiger partial charge in [0.15, 0.2) is 0 Å². The Morgan fingerprint density at radius 3 is 1.87 bits per heavy atom. The summed E-state index contributed by atoms with van der Waals surface area (Å²) in [5.41, 5.74) is 9.22. The number of nitrogens with two attached hydrogens (primary N) is 2. The second-order valence-corrected chi connectivity index (χ2v) is 6.32. The van der Waals surface area contributed by atoms with Gasteiger partial charge in [-0.05, 0) is 18.2 Å². The van der Waals surface area contributed by atoms with E-state index in [0.29, 0.717) is 6.07 Å². The summed E-state index contributed by atoms with van der Waals surface area (Å²) in [6.45, 7) is 0. The van der Waals surface area contributed by atoms with E-state index < -0.39 is 40.8 Å². The normalized spacial score (nSPS) is 11.1. The number of anilines is 2. The van der Waals surface area contributed by atoms with Gasteiger partial charge in [-0.1, -0.05) is 6.07 Å². The Morgan fingerprint density at radius 2 is 1.39 bits per heavy atom. The molecule has 2 aromatic rings. The maximum absolute atomic E-state index is 12.6. The second-order valence-electron chi connectivity index (χ2n) is 4.43. The van der Waals surface area contributed by atoms with Crippen molar-refractivity contribution in [2.45, 2.75) is 9.79 Å². The predicted octanol–water partition coefficient (Wildman–Crippen LogP) is 1.50. The smallest absolute Gasteiger partial charge is 0.347 e. The van der Waals surface area contributed by atoms with Crippen LogP contribution in [0.1, 0.15) is 0 Å². The van der Waals surface area contributed by atoms with Crippen LogP contribution in [0.3, 0.4) is 0 Å². The molecule has 0 fully saturated rings. The Hall–Kier alpha value is -3.21. The molecule has 0 radical (unpaired) electrons. The molecule has 0 unspecified atom stereocenters. The van der Waals surface area contributed by atoms with Crippen LogP contribution in [0.15, 0.2) is 46.2 Å². The van der Waals surface area contributed by atoms with E-state index in [1.165, 1.54) is 18.2 Å². The third kappa shape index (κ3) is 2.76. The highest BCUT2D eigenvalue weighted by Crippen LogP contribution is 2.35. The molecule has 0 amide bonds. The molecule has 2 rings (SSSR count). The molecule has 0 aliphatic carbocycles. The molecular formula is C12H10N4O6S. The highest BCUT2D eigenvalue weighted by Gasteiger charge is 2.30. The minimum Gasteiger partial charge on any atom is -0.398 e. The Bertz CT molecular complexity index is 905. The molecule has 0 saturated heterocycles. The monoisotopic (exact) mass is 338 g/mol. The van der Waals surface area contributed by atoms with Crippen molar-refractivity contribution in [1.82, 2.24) is 0 Å². The number of nitrogens with zero attached hydrogens (tertiary/aromatic N) is 2. The van der Waals surface area contributed by atoms with E-state index in [9.17, 15) is 28.6 Å². The van der Waals surface area contributed by atoms with E-state index in [2.05, 4.69) is 0 Å². The van der Waals surface area contributed by atoms with Gasteiger partial charge < -0.3 is 11.5 Å². The molecule has 4 N–H and O–H groups in total. The zero-order chi connectivity index (χ0) is 17.4. The topological polar surface area (TPSA) is 172 Å². The van der Waals surface area contributed by atoms with Crippen LogP contribution in [0.25, 0.3) is 0 Å². The van der Waals surface area contributed by atoms with E-state index in [0.717, 1.165) is 12.1 Å². The Morgan fingerprint density at radius 1 is 0.870 bits per heavy atom. The van der Waals surface area contributed by atoms with Crippen LogP contribution in [0.4, 0.5) is 22.7 Å². The van der Waals surface area contributed by atoms with E-state index in [-0.39, 0.29) is 11.4 Å². The van der Waals surface area contributed by atoms with E-state index in [4.69, 9.17) is 11.5 Å². The number of benzene rings is 2. The van der Waals surface area contributed by atoms with Crippen LogP contribution in [0, 0.1) is 20.2 Å². The van der Waals surface area contributed by atoms with Gasteiger partial charge in [-0.2, -0.15) is 0 Å². The molecule has 2 aromatic carbocycles. The van der Waals surface area contributed by atoms with Crippen LogP contribution in [-0.2, 0) is 9.84 Å². The van der Waals surface area contributed by atoms with Gasteiger partial charge >= 0.3 is 11.4 Å². The van der Waals surface area contributed by atoms with Crippen LogP contribution in [-0.4, -0.2) is 18.3 Å². The molecule has 0 spiro atoms. The number of hydrogen-bond donors (Lipinski definition) is 2. The average Bonchev–Trinajstić information content (AvgIpc) is 2.45. The zero-order valence-electron chi connectivity index (χ0n) is 11.4. The first kappa shape index (κ1) is 16.2. The van der Waals surface area contributed by atoms with Crippen molar-refractivity contribution in [2.24, 2.45) is 0 Å². The summed E-state index contributed by atoms with van der Waals surface area (Å²) >= 11 is 0. The van der Waals surface area contributed by atoms with Gasteiger partial charge in [0.05, 0.1) is 26.1 Å². The van der Waals surface area contributed by atoms with Gasteiger partial charge in [0.2, 0.25) is 9.84 Å². The Kier molecular flexibility index (Phi) is 3.89. The summed E-state index contributed by atoms with van der Waals surface area (Å²) in [7, 11) is -4.28. The van der Waals surface area contributed by atoms with Crippen molar-refractivity contribution < 1.29 is 18.3 Å². The van der Waals surface area contributed by atoms with E-state index in [1.54, 1.807) is 0 Å². The van der Waals surface area contributed by atoms with Crippen LogP contribution < -0.4 is 11.5 Å². The zero-order valence-corrected chi connectivity index (χ0v) is 12.2. The van der Waals surface area contributed by atoms with E-state index in [1.807, 2.05) is 0 Å². The molecule has 0 aliphatic rings. The fourth-order valence-electron chi connectivity index (χ4n) is 1.97. The maximum atomic E-state index is 12.6. The standard InChI is InChI=1S/C12H10N4O6S/c13-8-2-1-3-9(14)12(8)23(21,22)7-4-5-10(15(17)18)11(6-7)16(19)20/h1-6H,13-14H2. The molecule has 0 atom stereocenters. The van der Waals surface area contributed by atoms with Gasteiger partial charge in [-0.15, -0.1) is 0 Å². The van der Waals surface area contributed by atoms with Crippen molar-refractivity contribution in [3.63, 3.8) is 0 Å². The number of nitro groups is 2. The van der Waals surface area contributed by atoms with Crippen molar-refractivity contribution >= 4 is 32.6 Å². The number of nitro benzene ring substituents is 2. The third-order valence-corrected chi connectivity index (χ3v) is 4.88. The van der Waals surface area contributed by atoms with Crippen molar-refractivity contribution in [3.05, 3.63) is 56.6 Å². The van der Waals surface area contributed by atoms with E-state index >= 15 is 0 Å². The number of nitrogen functional groups attached to an aromatic ring is 2. The fourth-order valence-corrected chi connectivity index (χ4v) is 3.48. The lowest BCUT2D eigenvalue weighted by molar-refractivity contribution is -0.422. The Labute approximate surface area is 129 Å². The second kappa shape index (κ2) is 5.53. The van der Waals surface area contributed by atoms with Gasteiger partial charge in [0, 0.05) is 12.1 Å². The summed E-state index contributed by atoms with van der Waals surface area (Å²) in [5.74, 6) is 0.